The maximum Gasteiger partial charge on any atom is 0.243 e. The summed E-state index contributed by atoms with van der Waals surface area (Å²) in [4.78, 5) is 16.7. The highest BCUT2D eigenvalue weighted by molar-refractivity contribution is 7.93. The molecule has 1 aromatic rings. The molecule has 2 saturated heterocycles. The SMILES string of the molecule is C=CC(=CC=C(C)CNC(=O)C(C)C=Cc1nccn1C)S(=O)(=O)N1CCC2(CCCO2)C1. The smallest absolute Gasteiger partial charge is 0.243 e. The zero-order chi connectivity index (χ0) is 24.1. The van der Waals surface area contributed by atoms with Gasteiger partial charge in [0.2, 0.25) is 15.9 Å². The lowest BCUT2D eigenvalue weighted by Gasteiger charge is -2.23. The normalized spacial score (nSPS) is 23.5. The molecule has 1 spiro atoms. The second-order valence-electron chi connectivity index (χ2n) is 8.77. The predicted molar refractivity (Wildman–Crippen MR) is 129 cm³/mol. The number of ether oxygens (including phenoxy) is 1. The van der Waals surface area contributed by atoms with Crippen LogP contribution < -0.4 is 5.32 Å². The van der Waals surface area contributed by atoms with Gasteiger partial charge >= 0.3 is 0 Å². The molecule has 2 aliphatic rings. The highest BCUT2D eigenvalue weighted by atomic mass is 32.2. The van der Waals surface area contributed by atoms with Gasteiger partial charge in [-0.05, 0) is 44.4 Å². The minimum absolute atomic E-state index is 0.118. The summed E-state index contributed by atoms with van der Waals surface area (Å²) in [5.74, 6) is 0.333. The molecule has 1 amide bonds. The van der Waals surface area contributed by atoms with Crippen LogP contribution in [-0.2, 0) is 26.6 Å². The van der Waals surface area contributed by atoms with Crippen molar-refractivity contribution in [2.24, 2.45) is 13.0 Å². The van der Waals surface area contributed by atoms with E-state index in [1.807, 2.05) is 37.7 Å². The molecular weight excluding hydrogens is 440 g/mol. The Bertz CT molecular complexity index is 1060. The average Bonchev–Trinajstić information content (AvgIpc) is 3.53. The fourth-order valence-corrected chi connectivity index (χ4v) is 5.51. The number of carbonyl (C=O) groups excluding carboxylic acids is 1. The number of nitrogens with zero attached hydrogens (tertiary/aromatic N) is 3. The van der Waals surface area contributed by atoms with Crippen molar-refractivity contribution in [2.75, 3.05) is 26.2 Å². The fourth-order valence-electron chi connectivity index (χ4n) is 4.02. The van der Waals surface area contributed by atoms with Crippen LogP contribution in [0.5, 0.6) is 0 Å². The lowest BCUT2D eigenvalue weighted by molar-refractivity contribution is -0.122. The highest BCUT2D eigenvalue weighted by Gasteiger charge is 2.45. The molecule has 1 N–H and O–H groups in total. The van der Waals surface area contributed by atoms with Gasteiger partial charge in [0.15, 0.2) is 0 Å². The number of allylic oxidation sites excluding steroid dienone is 3. The summed E-state index contributed by atoms with van der Waals surface area (Å²) >= 11 is 0. The van der Waals surface area contributed by atoms with Crippen LogP contribution in [0, 0.1) is 5.92 Å². The van der Waals surface area contributed by atoms with Crippen molar-refractivity contribution < 1.29 is 17.9 Å². The zero-order valence-electron chi connectivity index (χ0n) is 19.7. The Labute approximate surface area is 196 Å². The first-order valence-corrected chi connectivity index (χ1v) is 12.7. The van der Waals surface area contributed by atoms with Crippen LogP contribution in [0.15, 0.2) is 53.8 Å². The molecule has 1 aromatic heterocycles. The number of nitrogens with one attached hydrogen (secondary N) is 1. The van der Waals surface area contributed by atoms with E-state index in [4.69, 9.17) is 4.74 Å². The monoisotopic (exact) mass is 474 g/mol. The quantitative estimate of drug-likeness (QED) is 0.556. The number of rotatable bonds is 9. The van der Waals surface area contributed by atoms with Gasteiger partial charge in [-0.3, -0.25) is 4.79 Å². The van der Waals surface area contributed by atoms with Gasteiger partial charge < -0.3 is 14.6 Å². The van der Waals surface area contributed by atoms with Gasteiger partial charge in [-0.15, -0.1) is 0 Å². The summed E-state index contributed by atoms with van der Waals surface area (Å²) < 4.78 is 35.4. The van der Waals surface area contributed by atoms with Crippen LogP contribution in [0.2, 0.25) is 0 Å². The first-order chi connectivity index (χ1) is 15.7. The number of aryl methyl sites for hydroxylation is 1. The molecule has 8 nitrogen and oxygen atoms in total. The maximum absolute atomic E-state index is 13.1. The molecule has 0 saturated carbocycles. The average molecular weight is 475 g/mol. The third-order valence-corrected chi connectivity index (χ3v) is 8.07. The molecule has 0 aromatic carbocycles. The van der Waals surface area contributed by atoms with Crippen LogP contribution in [0.1, 0.15) is 38.9 Å². The van der Waals surface area contributed by atoms with Crippen LogP contribution >= 0.6 is 0 Å². The van der Waals surface area contributed by atoms with Gasteiger partial charge in [0.05, 0.1) is 16.4 Å². The van der Waals surface area contributed by atoms with Crippen molar-refractivity contribution in [1.29, 1.82) is 0 Å². The predicted octanol–water partition coefficient (Wildman–Crippen LogP) is 2.79. The van der Waals surface area contributed by atoms with Crippen LogP contribution in [0.25, 0.3) is 6.08 Å². The third kappa shape index (κ3) is 6.10. The maximum atomic E-state index is 13.1. The van der Waals surface area contributed by atoms with Gasteiger partial charge in [0.25, 0.3) is 0 Å². The largest absolute Gasteiger partial charge is 0.374 e. The van der Waals surface area contributed by atoms with E-state index in [-0.39, 0.29) is 22.3 Å². The van der Waals surface area contributed by atoms with Crippen molar-refractivity contribution >= 4 is 22.0 Å². The molecule has 180 valence electrons. The van der Waals surface area contributed by atoms with E-state index in [1.165, 1.54) is 10.4 Å². The molecule has 0 bridgehead atoms. The second kappa shape index (κ2) is 10.6. The molecule has 2 atom stereocenters. The van der Waals surface area contributed by atoms with Gasteiger partial charge in [0, 0.05) is 45.7 Å². The van der Waals surface area contributed by atoms with Gasteiger partial charge in [-0.1, -0.05) is 31.2 Å². The van der Waals surface area contributed by atoms with Crippen molar-refractivity contribution in [1.82, 2.24) is 19.2 Å². The molecule has 9 heteroatoms. The van der Waals surface area contributed by atoms with Crippen molar-refractivity contribution in [3.63, 3.8) is 0 Å². The van der Waals surface area contributed by atoms with E-state index < -0.39 is 10.0 Å². The van der Waals surface area contributed by atoms with Gasteiger partial charge in [-0.2, -0.15) is 4.31 Å². The molecule has 2 unspecified atom stereocenters. The summed E-state index contributed by atoms with van der Waals surface area (Å²) in [5.41, 5.74) is 0.506. The van der Waals surface area contributed by atoms with E-state index in [1.54, 1.807) is 24.4 Å². The Morgan fingerprint density at radius 2 is 2.18 bits per heavy atom. The number of sulfonamides is 1. The summed E-state index contributed by atoms with van der Waals surface area (Å²) in [6.45, 7) is 9.21. The third-order valence-electron chi connectivity index (χ3n) is 6.18. The first-order valence-electron chi connectivity index (χ1n) is 11.2. The molecule has 0 radical (unpaired) electrons. The van der Waals surface area contributed by atoms with Crippen LogP contribution in [-0.4, -0.2) is 60.0 Å². The molecule has 0 aliphatic carbocycles. The number of carbonyl (C=O) groups is 1. The van der Waals surface area contributed by atoms with E-state index in [0.717, 1.165) is 30.7 Å². The number of imidazole rings is 1. The fraction of sp³-hybridized carbons (Fsp3) is 0.500. The minimum Gasteiger partial charge on any atom is -0.374 e. The standard InChI is InChI=1S/C24H34N4O4S/c1-5-21(33(30,31)28-14-12-24(18-28)11-6-16-32-24)9-7-19(2)17-26-23(29)20(3)8-10-22-25-13-15-27(22)4/h5,7-10,13,15,20H,1,6,11-12,14,16-18H2,2-4H3,(H,26,29). The van der Waals surface area contributed by atoms with E-state index in [9.17, 15) is 13.2 Å². The van der Waals surface area contributed by atoms with Crippen LogP contribution in [0.4, 0.5) is 0 Å². The Balaban J connectivity index is 1.56. The molecule has 3 heterocycles. The first kappa shape index (κ1) is 25.1. The van der Waals surface area contributed by atoms with Gasteiger partial charge in [0.1, 0.15) is 5.82 Å². The summed E-state index contributed by atoms with van der Waals surface area (Å²) in [7, 11) is -1.75. The molecular formula is C24H34N4O4S. The zero-order valence-corrected chi connectivity index (χ0v) is 20.5. The molecule has 3 rings (SSSR count). The van der Waals surface area contributed by atoms with Crippen molar-refractivity contribution in [2.45, 2.75) is 38.7 Å². The molecule has 2 fully saturated rings. The number of hydrogen-bond donors (Lipinski definition) is 1. The summed E-state index contributed by atoms with van der Waals surface area (Å²) in [6.07, 6.45) is 14.4. The number of amides is 1. The number of aromatic nitrogens is 2. The van der Waals surface area contributed by atoms with Gasteiger partial charge in [-0.25, -0.2) is 13.4 Å². The highest BCUT2D eigenvalue weighted by Crippen LogP contribution is 2.37. The Kier molecular flexibility index (Phi) is 8.10. The van der Waals surface area contributed by atoms with E-state index in [2.05, 4.69) is 16.9 Å². The molecule has 2 aliphatic heterocycles. The summed E-state index contributed by atoms with van der Waals surface area (Å²) in [5, 5.41) is 2.88. The Morgan fingerprint density at radius 1 is 1.39 bits per heavy atom. The minimum atomic E-state index is -3.64. The number of hydrogen-bond acceptors (Lipinski definition) is 5. The van der Waals surface area contributed by atoms with Crippen molar-refractivity contribution in [3.05, 3.63) is 59.6 Å². The Morgan fingerprint density at radius 3 is 2.82 bits per heavy atom. The molecule has 33 heavy (non-hydrogen) atoms. The van der Waals surface area contributed by atoms with E-state index >= 15 is 0 Å². The Hall–Kier alpha value is -2.49. The topological polar surface area (TPSA) is 93.5 Å². The van der Waals surface area contributed by atoms with Crippen molar-refractivity contribution in [3.8, 4) is 0 Å². The second-order valence-corrected chi connectivity index (χ2v) is 10.7. The lowest BCUT2D eigenvalue weighted by atomic mass is 10.00. The van der Waals surface area contributed by atoms with Crippen LogP contribution in [0.3, 0.4) is 0 Å². The van der Waals surface area contributed by atoms with E-state index in [0.29, 0.717) is 26.2 Å². The lowest BCUT2D eigenvalue weighted by Crippen LogP contribution is -2.35. The summed E-state index contributed by atoms with van der Waals surface area (Å²) in [6, 6.07) is 0.